The van der Waals surface area contributed by atoms with Gasteiger partial charge in [-0.05, 0) is 60.4 Å². The molecular formula is C34H30FN5O5. The van der Waals surface area contributed by atoms with Crippen molar-refractivity contribution in [1.29, 1.82) is 0 Å². The number of aromatic amines is 1. The molecule has 2 fully saturated rings. The molecule has 2 aromatic heterocycles. The van der Waals surface area contributed by atoms with Crippen LogP contribution in [0.3, 0.4) is 0 Å². The highest BCUT2D eigenvalue weighted by atomic mass is 19.1. The SMILES string of the molecule is O=C(Nc1cccc(-c2ncnc3[nH]c(-c4ccc(C(=O)N5CCOCC5)cc4)cc23)c1CO)c1ccc(C2(O)CC2)cc1F. The second kappa shape index (κ2) is 11.5. The molecule has 1 aliphatic carbocycles. The molecule has 2 amide bonds. The molecule has 1 aliphatic heterocycles. The maximum atomic E-state index is 14.9. The van der Waals surface area contributed by atoms with Crippen molar-refractivity contribution in [2.24, 2.45) is 0 Å². The Labute approximate surface area is 257 Å². The number of hydrogen-bond donors (Lipinski definition) is 4. The van der Waals surface area contributed by atoms with Gasteiger partial charge in [0.2, 0.25) is 0 Å². The van der Waals surface area contributed by atoms with E-state index in [4.69, 9.17) is 4.74 Å². The summed E-state index contributed by atoms with van der Waals surface area (Å²) in [6, 6.07) is 18.5. The molecule has 0 atom stereocenters. The van der Waals surface area contributed by atoms with Crippen LogP contribution in [0.4, 0.5) is 10.1 Å². The Balaban J connectivity index is 1.17. The van der Waals surface area contributed by atoms with Crippen molar-refractivity contribution in [3.05, 3.63) is 101 Å². The van der Waals surface area contributed by atoms with Crippen LogP contribution in [-0.2, 0) is 16.9 Å². The molecule has 0 bridgehead atoms. The number of benzene rings is 3. The fourth-order valence-electron chi connectivity index (χ4n) is 5.73. The fourth-order valence-corrected chi connectivity index (χ4v) is 5.73. The molecule has 4 N–H and O–H groups in total. The number of amides is 2. The molecular weight excluding hydrogens is 577 g/mol. The number of aliphatic hydroxyl groups excluding tert-OH is 1. The zero-order valence-corrected chi connectivity index (χ0v) is 24.2. The molecule has 1 saturated carbocycles. The normalized spacial score (nSPS) is 15.7. The van der Waals surface area contributed by atoms with Gasteiger partial charge in [0.15, 0.2) is 0 Å². The number of morpholine rings is 1. The lowest BCUT2D eigenvalue weighted by molar-refractivity contribution is 0.0303. The molecule has 1 saturated heterocycles. The van der Waals surface area contributed by atoms with Crippen molar-refractivity contribution in [3.8, 4) is 22.5 Å². The summed E-state index contributed by atoms with van der Waals surface area (Å²) in [6.07, 6.45) is 2.54. The lowest BCUT2D eigenvalue weighted by Gasteiger charge is -2.26. The Bertz CT molecular complexity index is 1930. The van der Waals surface area contributed by atoms with E-state index in [0.29, 0.717) is 83.8 Å². The van der Waals surface area contributed by atoms with Crippen molar-refractivity contribution in [2.75, 3.05) is 31.6 Å². The monoisotopic (exact) mass is 607 g/mol. The lowest BCUT2D eigenvalue weighted by atomic mass is 10.00. The number of halogens is 1. The number of carbonyl (C=O) groups is 2. The van der Waals surface area contributed by atoms with Gasteiger partial charge < -0.3 is 30.2 Å². The zero-order chi connectivity index (χ0) is 31.1. The number of nitrogens with one attached hydrogen (secondary N) is 2. The third-order valence-corrected chi connectivity index (χ3v) is 8.48. The number of nitrogens with zero attached hydrogens (tertiary/aromatic N) is 3. The first-order valence-corrected chi connectivity index (χ1v) is 14.7. The summed E-state index contributed by atoms with van der Waals surface area (Å²) in [4.78, 5) is 40.0. The average Bonchev–Trinajstić information content (AvgIpc) is 3.67. The van der Waals surface area contributed by atoms with Crippen molar-refractivity contribution in [1.82, 2.24) is 19.9 Å². The summed E-state index contributed by atoms with van der Waals surface area (Å²) in [5, 5.41) is 24.1. The van der Waals surface area contributed by atoms with Crippen LogP contribution in [0.5, 0.6) is 0 Å². The molecule has 45 heavy (non-hydrogen) atoms. The van der Waals surface area contributed by atoms with Crippen LogP contribution in [0.25, 0.3) is 33.5 Å². The summed E-state index contributed by atoms with van der Waals surface area (Å²) in [5.41, 5.74) is 3.88. The third kappa shape index (κ3) is 5.46. The number of carbonyl (C=O) groups excluding carboxylic acids is 2. The van der Waals surface area contributed by atoms with Crippen LogP contribution in [0.15, 0.2) is 73.1 Å². The summed E-state index contributed by atoms with van der Waals surface area (Å²) >= 11 is 0. The zero-order valence-electron chi connectivity index (χ0n) is 24.2. The Kier molecular flexibility index (Phi) is 7.36. The van der Waals surface area contributed by atoms with Gasteiger partial charge in [0.1, 0.15) is 17.8 Å². The minimum absolute atomic E-state index is 0.0327. The smallest absolute Gasteiger partial charge is 0.258 e. The van der Waals surface area contributed by atoms with Gasteiger partial charge in [-0.25, -0.2) is 14.4 Å². The van der Waals surface area contributed by atoms with Gasteiger partial charge in [-0.2, -0.15) is 0 Å². The van der Waals surface area contributed by atoms with Crippen molar-refractivity contribution >= 4 is 28.5 Å². The van der Waals surface area contributed by atoms with Gasteiger partial charge >= 0.3 is 0 Å². The quantitative estimate of drug-likeness (QED) is 0.212. The molecule has 10 nitrogen and oxygen atoms in total. The summed E-state index contributed by atoms with van der Waals surface area (Å²) in [5.74, 6) is -1.45. The number of hydrogen-bond acceptors (Lipinski definition) is 7. The lowest BCUT2D eigenvalue weighted by Crippen LogP contribution is -2.40. The van der Waals surface area contributed by atoms with Gasteiger partial charge in [0, 0.05) is 46.5 Å². The van der Waals surface area contributed by atoms with Crippen molar-refractivity contribution in [3.63, 3.8) is 0 Å². The van der Waals surface area contributed by atoms with E-state index in [2.05, 4.69) is 20.3 Å². The molecule has 3 aromatic carbocycles. The van der Waals surface area contributed by atoms with E-state index < -0.39 is 23.9 Å². The number of anilines is 1. The summed E-state index contributed by atoms with van der Waals surface area (Å²) in [6.45, 7) is 1.79. The number of aliphatic hydroxyl groups is 2. The average molecular weight is 608 g/mol. The maximum absolute atomic E-state index is 14.9. The van der Waals surface area contributed by atoms with E-state index >= 15 is 0 Å². The highest BCUT2D eigenvalue weighted by Gasteiger charge is 2.42. The minimum atomic E-state index is -1.01. The third-order valence-electron chi connectivity index (χ3n) is 8.48. The van der Waals surface area contributed by atoms with Crippen LogP contribution >= 0.6 is 0 Å². The summed E-state index contributed by atoms with van der Waals surface area (Å²) < 4.78 is 20.2. The standard InChI is InChI=1S/C34H30FN5O5/c35-27-16-22(34(44)10-11-34)8-9-24(27)32(42)39-28-3-1-2-23(26(28)18-41)30-25-17-29(38-31(25)37-19-36-30)20-4-6-21(7-5-20)33(43)40-12-14-45-15-13-40/h1-9,16-17,19,41,44H,10-15,18H2,(H,39,42)(H,36,37,38). The van der Waals surface area contributed by atoms with E-state index in [9.17, 15) is 24.2 Å². The topological polar surface area (TPSA) is 141 Å². The molecule has 3 heterocycles. The van der Waals surface area contributed by atoms with E-state index in [-0.39, 0.29) is 11.5 Å². The predicted molar refractivity (Wildman–Crippen MR) is 165 cm³/mol. The number of aromatic nitrogens is 3. The van der Waals surface area contributed by atoms with E-state index in [1.807, 2.05) is 18.2 Å². The van der Waals surface area contributed by atoms with Crippen LogP contribution in [0.2, 0.25) is 0 Å². The van der Waals surface area contributed by atoms with E-state index in [0.717, 1.165) is 11.3 Å². The van der Waals surface area contributed by atoms with Gasteiger partial charge in [-0.3, -0.25) is 9.59 Å². The van der Waals surface area contributed by atoms with E-state index in [1.54, 1.807) is 41.3 Å². The molecule has 2 aliphatic rings. The number of ether oxygens (including phenoxy) is 1. The molecule has 5 aromatic rings. The van der Waals surface area contributed by atoms with Crippen LogP contribution in [0.1, 0.15) is 44.7 Å². The highest BCUT2D eigenvalue weighted by molar-refractivity contribution is 6.06. The highest BCUT2D eigenvalue weighted by Crippen LogP contribution is 2.45. The largest absolute Gasteiger partial charge is 0.392 e. The molecule has 7 rings (SSSR count). The first-order valence-electron chi connectivity index (χ1n) is 14.7. The Morgan fingerprint density at radius 1 is 1.02 bits per heavy atom. The van der Waals surface area contributed by atoms with E-state index in [1.165, 1.54) is 18.5 Å². The fraction of sp³-hybridized carbons (Fsp3) is 0.235. The Morgan fingerprint density at radius 3 is 2.51 bits per heavy atom. The summed E-state index contributed by atoms with van der Waals surface area (Å²) in [7, 11) is 0. The first kappa shape index (κ1) is 28.8. The molecule has 11 heteroatoms. The minimum Gasteiger partial charge on any atom is -0.392 e. The predicted octanol–water partition coefficient (Wildman–Crippen LogP) is 4.63. The molecule has 0 radical (unpaired) electrons. The van der Waals surface area contributed by atoms with Gasteiger partial charge in [0.05, 0.1) is 36.7 Å². The second-order valence-corrected chi connectivity index (χ2v) is 11.3. The first-order chi connectivity index (χ1) is 21.8. The van der Waals surface area contributed by atoms with Crippen molar-refractivity contribution in [2.45, 2.75) is 25.0 Å². The van der Waals surface area contributed by atoms with Crippen molar-refractivity contribution < 1.29 is 28.9 Å². The van der Waals surface area contributed by atoms with Gasteiger partial charge in [0.25, 0.3) is 11.8 Å². The van der Waals surface area contributed by atoms with Gasteiger partial charge in [-0.1, -0.05) is 30.3 Å². The number of fused-ring (bicyclic) bond motifs is 1. The Morgan fingerprint density at radius 2 is 1.80 bits per heavy atom. The molecule has 0 unspecified atom stereocenters. The maximum Gasteiger partial charge on any atom is 0.258 e. The van der Waals surface area contributed by atoms with Crippen LogP contribution < -0.4 is 5.32 Å². The van der Waals surface area contributed by atoms with Crippen LogP contribution in [-0.4, -0.2) is 68.2 Å². The van der Waals surface area contributed by atoms with Gasteiger partial charge in [-0.15, -0.1) is 0 Å². The number of H-pyrrole nitrogens is 1. The second-order valence-electron chi connectivity index (χ2n) is 11.3. The van der Waals surface area contributed by atoms with Crippen LogP contribution in [0, 0.1) is 5.82 Å². The molecule has 0 spiro atoms. The Hall–Kier alpha value is -4.97. The molecule has 228 valence electrons. The number of rotatable bonds is 7.